The molecule has 0 saturated heterocycles. The van der Waals surface area contributed by atoms with Gasteiger partial charge in [0.15, 0.2) is 11.5 Å². The van der Waals surface area contributed by atoms with Gasteiger partial charge in [-0.25, -0.2) is 0 Å². The predicted molar refractivity (Wildman–Crippen MR) is 116 cm³/mol. The van der Waals surface area contributed by atoms with Crippen LogP contribution in [-0.2, 0) is 13.1 Å². The Bertz CT molecular complexity index is 717. The molecule has 29 heavy (non-hydrogen) atoms. The van der Waals surface area contributed by atoms with E-state index >= 15 is 0 Å². The molecule has 0 aliphatic heterocycles. The second-order valence-corrected chi connectivity index (χ2v) is 6.89. The summed E-state index contributed by atoms with van der Waals surface area (Å²) in [6, 6.07) is 13.9. The number of rotatable bonds is 13. The van der Waals surface area contributed by atoms with Gasteiger partial charge in [0.05, 0.1) is 14.2 Å². The molecule has 6 nitrogen and oxygen atoms in total. The maximum absolute atomic E-state index is 10.3. The van der Waals surface area contributed by atoms with Crippen molar-refractivity contribution in [2.75, 3.05) is 40.5 Å². The average molecular weight is 403 g/mol. The second-order valence-electron chi connectivity index (χ2n) is 6.89. The van der Waals surface area contributed by atoms with E-state index in [4.69, 9.17) is 14.2 Å². The lowest BCUT2D eigenvalue weighted by atomic mass is 10.1. The number of aliphatic hydroxyl groups is 1. The largest absolute Gasteiger partial charge is 0.497 e. The fourth-order valence-electron chi connectivity index (χ4n) is 3.06. The standard InChI is InChI=1S/C23H34N2O4/c1-5-25(6-2)16-20(26)17-29-23-13-19(9-12-22(23)28-4)15-24-14-18-7-10-21(27-3)11-8-18/h7-13,20,24,26H,5-6,14-17H2,1-4H3/t20-/m0/s1. The molecule has 0 fully saturated rings. The quantitative estimate of drug-likeness (QED) is 0.537. The Labute approximate surface area is 174 Å². The maximum Gasteiger partial charge on any atom is 0.161 e. The first-order chi connectivity index (χ1) is 14.1. The molecule has 1 atom stereocenters. The minimum atomic E-state index is -0.545. The van der Waals surface area contributed by atoms with Crippen LogP contribution in [-0.4, -0.2) is 56.6 Å². The fourth-order valence-corrected chi connectivity index (χ4v) is 3.06. The molecular weight excluding hydrogens is 368 g/mol. The lowest BCUT2D eigenvalue weighted by Crippen LogP contribution is -2.35. The van der Waals surface area contributed by atoms with Crippen LogP contribution in [0.1, 0.15) is 25.0 Å². The van der Waals surface area contributed by atoms with E-state index in [0.717, 1.165) is 30.9 Å². The summed E-state index contributed by atoms with van der Waals surface area (Å²) in [5.41, 5.74) is 2.28. The normalized spacial score (nSPS) is 12.1. The molecule has 0 radical (unpaired) electrons. The number of nitrogens with one attached hydrogen (secondary N) is 1. The van der Waals surface area contributed by atoms with Crippen LogP contribution in [0.3, 0.4) is 0 Å². The van der Waals surface area contributed by atoms with Crippen molar-refractivity contribution in [2.45, 2.75) is 33.0 Å². The van der Waals surface area contributed by atoms with Gasteiger partial charge in [-0.1, -0.05) is 32.0 Å². The molecule has 0 aliphatic rings. The van der Waals surface area contributed by atoms with E-state index in [1.807, 2.05) is 42.5 Å². The molecule has 0 saturated carbocycles. The van der Waals surface area contributed by atoms with Crippen LogP contribution in [0.15, 0.2) is 42.5 Å². The zero-order valence-corrected chi connectivity index (χ0v) is 18.0. The lowest BCUT2D eigenvalue weighted by Gasteiger charge is -2.22. The third-order valence-corrected chi connectivity index (χ3v) is 4.84. The minimum Gasteiger partial charge on any atom is -0.497 e. The van der Waals surface area contributed by atoms with Gasteiger partial charge in [-0.05, 0) is 48.5 Å². The van der Waals surface area contributed by atoms with Crippen LogP contribution in [0.25, 0.3) is 0 Å². The number of hydrogen-bond donors (Lipinski definition) is 2. The first-order valence-electron chi connectivity index (χ1n) is 10.1. The maximum atomic E-state index is 10.3. The number of hydrogen-bond acceptors (Lipinski definition) is 6. The number of nitrogens with zero attached hydrogens (tertiary/aromatic N) is 1. The zero-order valence-electron chi connectivity index (χ0n) is 18.0. The first kappa shape index (κ1) is 23.0. The number of benzene rings is 2. The van der Waals surface area contributed by atoms with Gasteiger partial charge in [0, 0.05) is 19.6 Å². The monoisotopic (exact) mass is 402 g/mol. The van der Waals surface area contributed by atoms with Crippen LogP contribution in [0.2, 0.25) is 0 Å². The van der Waals surface area contributed by atoms with Crippen molar-refractivity contribution in [2.24, 2.45) is 0 Å². The zero-order chi connectivity index (χ0) is 21.1. The molecule has 2 rings (SSSR count). The highest BCUT2D eigenvalue weighted by Gasteiger charge is 2.12. The second kappa shape index (κ2) is 12.3. The van der Waals surface area contributed by atoms with Crippen molar-refractivity contribution in [1.82, 2.24) is 10.2 Å². The SMILES string of the molecule is CCN(CC)C[C@H](O)COc1cc(CNCc2ccc(OC)cc2)ccc1OC. The summed E-state index contributed by atoms with van der Waals surface area (Å²) in [4.78, 5) is 2.17. The molecular formula is C23H34N2O4. The van der Waals surface area contributed by atoms with Crippen molar-refractivity contribution < 1.29 is 19.3 Å². The molecule has 2 N–H and O–H groups in total. The summed E-state index contributed by atoms with van der Waals surface area (Å²) in [7, 11) is 3.29. The van der Waals surface area contributed by atoms with Crippen LogP contribution >= 0.6 is 0 Å². The smallest absolute Gasteiger partial charge is 0.161 e. The van der Waals surface area contributed by atoms with Gasteiger partial charge in [-0.15, -0.1) is 0 Å². The molecule has 0 aliphatic carbocycles. The number of likely N-dealkylation sites (N-methyl/N-ethyl adjacent to an activating group) is 1. The Morgan fingerprint density at radius 3 is 2.17 bits per heavy atom. The van der Waals surface area contributed by atoms with Gasteiger partial charge < -0.3 is 29.5 Å². The van der Waals surface area contributed by atoms with E-state index in [2.05, 4.69) is 24.1 Å². The Kier molecular flexibility index (Phi) is 9.77. The van der Waals surface area contributed by atoms with Crippen LogP contribution in [0.5, 0.6) is 17.2 Å². The van der Waals surface area contributed by atoms with Crippen molar-refractivity contribution in [3.63, 3.8) is 0 Å². The molecule has 0 aromatic heterocycles. The molecule has 0 spiro atoms. The minimum absolute atomic E-state index is 0.232. The molecule has 0 bridgehead atoms. The highest BCUT2D eigenvalue weighted by molar-refractivity contribution is 5.43. The number of aliphatic hydroxyl groups excluding tert-OH is 1. The first-order valence-corrected chi connectivity index (χ1v) is 10.1. The van der Waals surface area contributed by atoms with Gasteiger partial charge in [0.25, 0.3) is 0 Å². The number of ether oxygens (including phenoxy) is 3. The molecule has 6 heteroatoms. The highest BCUT2D eigenvalue weighted by Crippen LogP contribution is 2.28. The van der Waals surface area contributed by atoms with E-state index < -0.39 is 6.10 Å². The summed E-state index contributed by atoms with van der Waals surface area (Å²) >= 11 is 0. The topological polar surface area (TPSA) is 63.2 Å². The predicted octanol–water partition coefficient (Wildman–Crippen LogP) is 3.08. The van der Waals surface area contributed by atoms with Gasteiger partial charge in [0.1, 0.15) is 18.5 Å². The summed E-state index contributed by atoms with van der Waals surface area (Å²) < 4.78 is 16.5. The van der Waals surface area contributed by atoms with Gasteiger partial charge >= 0.3 is 0 Å². The Morgan fingerprint density at radius 1 is 0.897 bits per heavy atom. The van der Waals surface area contributed by atoms with Crippen LogP contribution in [0.4, 0.5) is 0 Å². The van der Waals surface area contributed by atoms with Crippen LogP contribution in [0, 0.1) is 0 Å². The Morgan fingerprint density at radius 2 is 1.55 bits per heavy atom. The molecule has 2 aromatic carbocycles. The molecule has 0 unspecified atom stereocenters. The van der Waals surface area contributed by atoms with Gasteiger partial charge in [-0.2, -0.15) is 0 Å². The molecule has 0 heterocycles. The summed E-state index contributed by atoms with van der Waals surface area (Å²) in [6.45, 7) is 8.28. The van der Waals surface area contributed by atoms with Crippen molar-refractivity contribution >= 4 is 0 Å². The van der Waals surface area contributed by atoms with Gasteiger partial charge in [0.2, 0.25) is 0 Å². The third kappa shape index (κ3) is 7.57. The fraction of sp³-hybridized carbons (Fsp3) is 0.478. The van der Waals surface area contributed by atoms with E-state index in [1.54, 1.807) is 14.2 Å². The summed E-state index contributed by atoms with van der Waals surface area (Å²) in [5, 5.41) is 13.7. The Hall–Kier alpha value is -2.28. The summed E-state index contributed by atoms with van der Waals surface area (Å²) in [5.74, 6) is 2.17. The molecule has 2 aromatic rings. The van der Waals surface area contributed by atoms with Gasteiger partial charge in [-0.3, -0.25) is 0 Å². The highest BCUT2D eigenvalue weighted by atomic mass is 16.5. The van der Waals surface area contributed by atoms with Crippen molar-refractivity contribution in [3.05, 3.63) is 53.6 Å². The van der Waals surface area contributed by atoms with E-state index in [1.165, 1.54) is 5.56 Å². The van der Waals surface area contributed by atoms with E-state index in [0.29, 0.717) is 24.6 Å². The third-order valence-electron chi connectivity index (χ3n) is 4.84. The van der Waals surface area contributed by atoms with E-state index in [-0.39, 0.29) is 6.61 Å². The molecule has 160 valence electrons. The Balaban J connectivity index is 1.89. The van der Waals surface area contributed by atoms with E-state index in [9.17, 15) is 5.11 Å². The van der Waals surface area contributed by atoms with Crippen molar-refractivity contribution in [1.29, 1.82) is 0 Å². The summed E-state index contributed by atoms with van der Waals surface area (Å²) in [6.07, 6.45) is -0.545. The lowest BCUT2D eigenvalue weighted by molar-refractivity contribution is 0.0705. The average Bonchev–Trinajstić information content (AvgIpc) is 2.76. The van der Waals surface area contributed by atoms with Crippen LogP contribution < -0.4 is 19.5 Å². The molecule has 0 amide bonds. The van der Waals surface area contributed by atoms with Crippen molar-refractivity contribution in [3.8, 4) is 17.2 Å². The number of methoxy groups -OCH3 is 2.